The van der Waals surface area contributed by atoms with Crippen LogP contribution in [0.2, 0.25) is 10.0 Å². The molecule has 1 amide bonds. The second kappa shape index (κ2) is 12.5. The number of fused-ring (bicyclic) bond motifs is 1. The summed E-state index contributed by atoms with van der Waals surface area (Å²) in [5.74, 6) is 0.209. The highest BCUT2D eigenvalue weighted by Gasteiger charge is 2.42. The zero-order chi connectivity index (χ0) is 31.7. The van der Waals surface area contributed by atoms with Gasteiger partial charge in [0.05, 0.1) is 23.3 Å². The molecule has 1 aliphatic rings. The SMILES string of the molecule is COc1ccc(NS(=O)(=O)c2ccc3c(c2)C(=O)N(c2ccc(C)cc2)[C@H](c2c(Cl)cccc2Cl)N3Cc2ccccc2)cc1. The molecule has 0 fully saturated rings. The van der Waals surface area contributed by atoms with Crippen LogP contribution in [-0.4, -0.2) is 21.4 Å². The Morgan fingerprint density at radius 2 is 1.49 bits per heavy atom. The highest BCUT2D eigenvalue weighted by atomic mass is 35.5. The van der Waals surface area contributed by atoms with Crippen molar-refractivity contribution < 1.29 is 17.9 Å². The van der Waals surface area contributed by atoms with E-state index < -0.39 is 16.2 Å². The topological polar surface area (TPSA) is 78.9 Å². The van der Waals surface area contributed by atoms with Crippen molar-refractivity contribution in [2.24, 2.45) is 0 Å². The van der Waals surface area contributed by atoms with Crippen molar-refractivity contribution in [1.82, 2.24) is 0 Å². The number of amides is 1. The Kier molecular flexibility index (Phi) is 8.46. The standard InChI is InChI=1S/C35H29Cl2N3O4S/c1-23-11-15-26(16-12-23)40-34(33-30(36)9-6-10-31(33)37)39(22-24-7-4-3-5-8-24)32-20-19-28(21-29(32)35(40)41)45(42,43)38-25-13-17-27(44-2)18-14-25/h3-21,34,38H,22H2,1-2H3/t34-/m1/s1. The van der Waals surface area contributed by atoms with Crippen molar-refractivity contribution in [1.29, 1.82) is 0 Å². The van der Waals surface area contributed by atoms with Crippen LogP contribution >= 0.6 is 23.2 Å². The van der Waals surface area contributed by atoms with Crippen LogP contribution in [0.4, 0.5) is 17.1 Å². The van der Waals surface area contributed by atoms with Crippen molar-refractivity contribution >= 4 is 56.2 Å². The maximum Gasteiger partial charge on any atom is 0.262 e. The first-order valence-corrected chi connectivity index (χ1v) is 16.4. The molecule has 7 nitrogen and oxygen atoms in total. The monoisotopic (exact) mass is 657 g/mol. The number of halogens is 2. The summed E-state index contributed by atoms with van der Waals surface area (Å²) in [4.78, 5) is 18.2. The summed E-state index contributed by atoms with van der Waals surface area (Å²) in [6, 6.07) is 33.8. The fourth-order valence-electron chi connectivity index (χ4n) is 5.45. The molecule has 0 spiro atoms. The number of ether oxygens (including phenoxy) is 1. The molecule has 1 atom stereocenters. The molecule has 0 unspecified atom stereocenters. The zero-order valence-corrected chi connectivity index (χ0v) is 26.8. The summed E-state index contributed by atoms with van der Waals surface area (Å²) < 4.78 is 34.9. The number of carbonyl (C=O) groups excluding carboxylic acids is 1. The van der Waals surface area contributed by atoms with Crippen LogP contribution < -0.4 is 19.3 Å². The minimum atomic E-state index is -4.06. The van der Waals surface area contributed by atoms with E-state index in [4.69, 9.17) is 27.9 Å². The smallest absolute Gasteiger partial charge is 0.262 e. The molecule has 1 heterocycles. The number of benzene rings is 5. The third-order valence-electron chi connectivity index (χ3n) is 7.68. The molecule has 0 bridgehead atoms. The van der Waals surface area contributed by atoms with E-state index in [9.17, 15) is 13.2 Å². The average molecular weight is 659 g/mol. The third kappa shape index (κ3) is 6.09. The molecule has 10 heteroatoms. The van der Waals surface area contributed by atoms with Gasteiger partial charge in [-0.25, -0.2) is 8.42 Å². The van der Waals surface area contributed by atoms with E-state index in [1.54, 1.807) is 53.4 Å². The molecule has 0 saturated carbocycles. The highest BCUT2D eigenvalue weighted by Crippen LogP contribution is 2.46. The van der Waals surface area contributed by atoms with Gasteiger partial charge in [-0.1, -0.05) is 77.3 Å². The number of nitrogens with zero attached hydrogens (tertiary/aromatic N) is 2. The van der Waals surface area contributed by atoms with Gasteiger partial charge in [-0.15, -0.1) is 0 Å². The lowest BCUT2D eigenvalue weighted by atomic mass is 9.98. The largest absolute Gasteiger partial charge is 0.497 e. The molecule has 0 aromatic heterocycles. The molecule has 0 aliphatic carbocycles. The van der Waals surface area contributed by atoms with Gasteiger partial charge in [-0.05, 0) is 79.2 Å². The van der Waals surface area contributed by atoms with Crippen molar-refractivity contribution in [3.63, 3.8) is 0 Å². The Balaban J connectivity index is 1.53. The lowest BCUT2D eigenvalue weighted by molar-refractivity contribution is 0.0968. The zero-order valence-electron chi connectivity index (χ0n) is 24.4. The van der Waals surface area contributed by atoms with Crippen LogP contribution in [0.5, 0.6) is 5.75 Å². The van der Waals surface area contributed by atoms with Crippen LogP contribution in [0.25, 0.3) is 0 Å². The number of hydrogen-bond donors (Lipinski definition) is 1. The molecule has 1 aliphatic heterocycles. The summed E-state index contributed by atoms with van der Waals surface area (Å²) in [6.45, 7) is 2.35. The van der Waals surface area contributed by atoms with Crippen molar-refractivity contribution in [3.8, 4) is 5.75 Å². The highest BCUT2D eigenvalue weighted by molar-refractivity contribution is 7.92. The van der Waals surface area contributed by atoms with Gasteiger partial charge >= 0.3 is 0 Å². The van der Waals surface area contributed by atoms with Crippen LogP contribution in [0.3, 0.4) is 0 Å². The Labute approximate surface area is 272 Å². The molecule has 5 aromatic carbocycles. The molecule has 228 valence electrons. The third-order valence-corrected chi connectivity index (χ3v) is 9.72. The number of anilines is 3. The van der Waals surface area contributed by atoms with Gasteiger partial charge in [-0.2, -0.15) is 0 Å². The average Bonchev–Trinajstić information content (AvgIpc) is 3.04. The minimum Gasteiger partial charge on any atom is -0.497 e. The van der Waals surface area contributed by atoms with E-state index >= 15 is 0 Å². The van der Waals surface area contributed by atoms with Crippen LogP contribution in [-0.2, 0) is 16.6 Å². The van der Waals surface area contributed by atoms with Gasteiger partial charge in [0, 0.05) is 33.5 Å². The quantitative estimate of drug-likeness (QED) is 0.181. The van der Waals surface area contributed by atoms with Crippen molar-refractivity contribution in [2.45, 2.75) is 24.5 Å². The first-order valence-electron chi connectivity index (χ1n) is 14.1. The minimum absolute atomic E-state index is 0.0526. The predicted octanol–water partition coefficient (Wildman–Crippen LogP) is 8.48. The molecule has 5 aromatic rings. The summed E-state index contributed by atoms with van der Waals surface area (Å²) in [6.07, 6.45) is -0.742. The molecular formula is C35H29Cl2N3O4S. The first kappa shape index (κ1) is 30.5. The summed E-state index contributed by atoms with van der Waals surface area (Å²) >= 11 is 13.6. The second-order valence-electron chi connectivity index (χ2n) is 10.6. The van der Waals surface area contributed by atoms with Crippen LogP contribution in [0.1, 0.15) is 33.2 Å². The predicted molar refractivity (Wildman–Crippen MR) is 180 cm³/mol. The van der Waals surface area contributed by atoms with Gasteiger partial charge in [0.15, 0.2) is 0 Å². The maximum absolute atomic E-state index is 14.6. The molecular weight excluding hydrogens is 629 g/mol. The van der Waals surface area contributed by atoms with Crippen LogP contribution in [0.15, 0.2) is 120 Å². The van der Waals surface area contributed by atoms with E-state index in [1.165, 1.54) is 19.2 Å². The van der Waals surface area contributed by atoms with Gasteiger partial charge < -0.3 is 9.64 Å². The number of aryl methyl sites for hydroxylation is 1. The van der Waals surface area contributed by atoms with Crippen molar-refractivity contribution in [3.05, 3.63) is 148 Å². The van der Waals surface area contributed by atoms with E-state index in [1.807, 2.05) is 66.4 Å². The van der Waals surface area contributed by atoms with Crippen molar-refractivity contribution in [2.75, 3.05) is 21.6 Å². The van der Waals surface area contributed by atoms with Gasteiger partial charge in [-0.3, -0.25) is 14.4 Å². The number of nitrogens with one attached hydrogen (secondary N) is 1. The Morgan fingerprint density at radius 3 is 2.13 bits per heavy atom. The Hall–Kier alpha value is -4.50. The number of hydrogen-bond acceptors (Lipinski definition) is 5. The normalized spacial score (nSPS) is 14.7. The summed E-state index contributed by atoms with van der Waals surface area (Å²) in [5, 5.41) is 0.809. The second-order valence-corrected chi connectivity index (χ2v) is 13.1. The van der Waals surface area contributed by atoms with Gasteiger partial charge in [0.25, 0.3) is 15.9 Å². The molecule has 0 saturated heterocycles. The van der Waals surface area contributed by atoms with Crippen LogP contribution in [0, 0.1) is 6.92 Å². The van der Waals surface area contributed by atoms with E-state index in [2.05, 4.69) is 4.72 Å². The molecule has 45 heavy (non-hydrogen) atoms. The Morgan fingerprint density at radius 1 is 0.822 bits per heavy atom. The number of sulfonamides is 1. The summed E-state index contributed by atoms with van der Waals surface area (Å²) in [5.41, 5.74) is 4.32. The molecule has 0 radical (unpaired) electrons. The molecule has 1 N–H and O–H groups in total. The van der Waals surface area contributed by atoms with E-state index in [-0.39, 0.29) is 16.4 Å². The van der Waals surface area contributed by atoms with Gasteiger partial charge in [0.2, 0.25) is 0 Å². The fraction of sp³-hybridized carbons (Fsp3) is 0.114. The molecule has 6 rings (SSSR count). The Bertz CT molecular complexity index is 1950. The lowest BCUT2D eigenvalue weighted by Gasteiger charge is -2.46. The van der Waals surface area contributed by atoms with E-state index in [0.29, 0.717) is 45.0 Å². The number of methoxy groups -OCH3 is 1. The lowest BCUT2D eigenvalue weighted by Crippen LogP contribution is -2.49. The van der Waals surface area contributed by atoms with E-state index in [0.717, 1.165) is 11.1 Å². The number of rotatable bonds is 8. The fourth-order valence-corrected chi connectivity index (χ4v) is 7.12. The van der Waals surface area contributed by atoms with Gasteiger partial charge in [0.1, 0.15) is 11.9 Å². The first-order chi connectivity index (χ1) is 21.7. The summed E-state index contributed by atoms with van der Waals surface area (Å²) in [7, 11) is -2.52. The maximum atomic E-state index is 14.6. The number of carbonyl (C=O) groups is 1.